The summed E-state index contributed by atoms with van der Waals surface area (Å²) in [7, 11) is 4.25. The van der Waals surface area contributed by atoms with Crippen molar-refractivity contribution in [3.05, 3.63) is 28.8 Å². The lowest BCUT2D eigenvalue weighted by Gasteiger charge is -2.41. The molecule has 0 bridgehead atoms. The van der Waals surface area contributed by atoms with Gasteiger partial charge in [0.1, 0.15) is 5.75 Å². The van der Waals surface area contributed by atoms with E-state index in [1.807, 2.05) is 19.9 Å². The van der Waals surface area contributed by atoms with E-state index in [0.29, 0.717) is 17.1 Å². The van der Waals surface area contributed by atoms with Gasteiger partial charge in [-0.15, -0.1) is 0 Å². The molecule has 130 valence electrons. The first-order valence-electron chi connectivity index (χ1n) is 8.45. The third-order valence-electron chi connectivity index (χ3n) is 4.19. The Balaban J connectivity index is 2.26. The number of halogens is 1. The van der Waals surface area contributed by atoms with Gasteiger partial charge < -0.3 is 15.0 Å². The predicted molar refractivity (Wildman–Crippen MR) is 97.5 cm³/mol. The Morgan fingerprint density at radius 2 is 2.13 bits per heavy atom. The molecule has 0 saturated carbocycles. The summed E-state index contributed by atoms with van der Waals surface area (Å²) in [5.74, 6) is 0.766. The van der Waals surface area contributed by atoms with Crippen LogP contribution in [0.25, 0.3) is 0 Å². The summed E-state index contributed by atoms with van der Waals surface area (Å²) in [5, 5.41) is 4.16. The molecule has 1 heterocycles. The molecule has 1 aromatic rings. The van der Waals surface area contributed by atoms with Gasteiger partial charge in [-0.2, -0.15) is 0 Å². The smallest absolute Gasteiger partial charge is 0.138 e. The van der Waals surface area contributed by atoms with E-state index >= 15 is 0 Å². The molecule has 5 heteroatoms. The number of rotatable bonds is 6. The maximum Gasteiger partial charge on any atom is 0.138 e. The molecule has 1 saturated heterocycles. The summed E-state index contributed by atoms with van der Waals surface area (Å²) in [4.78, 5) is 4.82. The molecule has 4 nitrogen and oxygen atoms in total. The second kappa shape index (κ2) is 8.34. The zero-order chi connectivity index (χ0) is 17.0. The molecule has 0 radical (unpaired) electrons. The Labute approximate surface area is 145 Å². The van der Waals surface area contributed by atoms with E-state index in [0.717, 1.165) is 31.9 Å². The minimum absolute atomic E-state index is 0.129. The monoisotopic (exact) mass is 339 g/mol. The van der Waals surface area contributed by atoms with E-state index in [-0.39, 0.29) is 6.10 Å². The van der Waals surface area contributed by atoms with Crippen molar-refractivity contribution >= 4 is 11.6 Å². The van der Waals surface area contributed by atoms with Crippen LogP contribution in [0.15, 0.2) is 18.2 Å². The molecule has 0 aliphatic carbocycles. The number of likely N-dealkylation sites (N-methyl/N-ethyl adjacent to an activating group) is 1. The minimum Gasteiger partial charge on any atom is -0.489 e. The highest BCUT2D eigenvalue weighted by Crippen LogP contribution is 2.32. The number of nitrogens with one attached hydrogen (secondary N) is 1. The van der Waals surface area contributed by atoms with Gasteiger partial charge in [-0.25, -0.2) is 0 Å². The van der Waals surface area contributed by atoms with Gasteiger partial charge >= 0.3 is 0 Å². The molecule has 1 aliphatic rings. The van der Waals surface area contributed by atoms with Crippen molar-refractivity contribution in [1.82, 2.24) is 15.1 Å². The van der Waals surface area contributed by atoms with Crippen LogP contribution in [-0.4, -0.2) is 62.2 Å². The van der Waals surface area contributed by atoms with Crippen LogP contribution in [0.1, 0.15) is 32.4 Å². The van der Waals surface area contributed by atoms with E-state index in [2.05, 4.69) is 48.3 Å². The van der Waals surface area contributed by atoms with Crippen LogP contribution >= 0.6 is 11.6 Å². The molecule has 0 spiro atoms. The van der Waals surface area contributed by atoms with Gasteiger partial charge in [0.05, 0.1) is 11.1 Å². The molecule has 1 aliphatic heterocycles. The zero-order valence-electron chi connectivity index (χ0n) is 15.0. The van der Waals surface area contributed by atoms with Gasteiger partial charge in [-0.3, -0.25) is 4.90 Å². The number of hydrogen-bond donors (Lipinski definition) is 1. The summed E-state index contributed by atoms with van der Waals surface area (Å²) in [6, 6.07) is 7.09. The van der Waals surface area contributed by atoms with Crippen LogP contribution in [-0.2, 0) is 0 Å². The molecule has 2 unspecified atom stereocenters. The summed E-state index contributed by atoms with van der Waals surface area (Å²) in [5.41, 5.74) is 1.26. The first-order chi connectivity index (χ1) is 10.9. The van der Waals surface area contributed by atoms with Crippen LogP contribution in [0, 0.1) is 0 Å². The highest BCUT2D eigenvalue weighted by atomic mass is 35.5. The summed E-state index contributed by atoms with van der Waals surface area (Å²) in [6.07, 6.45) is 0.129. The standard InChI is InChI=1S/C18H30ClN3O/c1-13(2)23-18-7-6-15(10-16(18)19)17(12-21(4)5)22-9-8-20-11-14(22)3/h6-7,10,13-14,17,20H,8-9,11-12H2,1-5H3. The van der Waals surface area contributed by atoms with Crippen LogP contribution < -0.4 is 10.1 Å². The Kier molecular flexibility index (Phi) is 6.72. The van der Waals surface area contributed by atoms with E-state index < -0.39 is 0 Å². The van der Waals surface area contributed by atoms with Crippen molar-refractivity contribution in [1.29, 1.82) is 0 Å². The van der Waals surface area contributed by atoms with Crippen LogP contribution in [0.4, 0.5) is 0 Å². The van der Waals surface area contributed by atoms with Gasteiger partial charge in [0.2, 0.25) is 0 Å². The Bertz CT molecular complexity index is 507. The number of piperazine rings is 1. The molecule has 1 fully saturated rings. The molecule has 0 aromatic heterocycles. The molecular weight excluding hydrogens is 310 g/mol. The molecule has 2 rings (SSSR count). The molecular formula is C18H30ClN3O. The maximum atomic E-state index is 6.46. The maximum absolute atomic E-state index is 6.46. The lowest BCUT2D eigenvalue weighted by atomic mass is 10.0. The summed E-state index contributed by atoms with van der Waals surface area (Å²) in [6.45, 7) is 10.4. The fourth-order valence-electron chi connectivity index (χ4n) is 3.14. The Morgan fingerprint density at radius 1 is 1.39 bits per heavy atom. The topological polar surface area (TPSA) is 27.7 Å². The molecule has 0 amide bonds. The zero-order valence-corrected chi connectivity index (χ0v) is 15.7. The average molecular weight is 340 g/mol. The van der Waals surface area contributed by atoms with Gasteiger partial charge in [-0.05, 0) is 52.6 Å². The quantitative estimate of drug-likeness (QED) is 0.862. The highest BCUT2D eigenvalue weighted by Gasteiger charge is 2.28. The summed E-state index contributed by atoms with van der Waals surface area (Å²) < 4.78 is 5.76. The SMILES string of the molecule is CC(C)Oc1ccc(C(CN(C)C)N2CCNCC2C)cc1Cl. The molecule has 2 atom stereocenters. The van der Waals surface area contributed by atoms with Gasteiger partial charge in [0.25, 0.3) is 0 Å². The van der Waals surface area contributed by atoms with E-state index in [4.69, 9.17) is 16.3 Å². The Hall–Kier alpha value is -0.810. The second-order valence-corrected chi connectivity index (χ2v) is 7.33. The average Bonchev–Trinajstić information content (AvgIpc) is 2.47. The number of nitrogens with zero attached hydrogens (tertiary/aromatic N) is 2. The van der Waals surface area contributed by atoms with E-state index in [1.165, 1.54) is 5.56 Å². The Morgan fingerprint density at radius 3 is 2.70 bits per heavy atom. The normalized spacial score (nSPS) is 21.0. The van der Waals surface area contributed by atoms with E-state index in [1.54, 1.807) is 0 Å². The predicted octanol–water partition coefficient (Wildman–Crippen LogP) is 3.02. The largest absolute Gasteiger partial charge is 0.489 e. The first-order valence-corrected chi connectivity index (χ1v) is 8.83. The molecule has 1 N–H and O–H groups in total. The molecule has 1 aromatic carbocycles. The third-order valence-corrected chi connectivity index (χ3v) is 4.49. The highest BCUT2D eigenvalue weighted by molar-refractivity contribution is 6.32. The van der Waals surface area contributed by atoms with Gasteiger partial charge in [-0.1, -0.05) is 17.7 Å². The van der Waals surface area contributed by atoms with Crippen molar-refractivity contribution in [3.63, 3.8) is 0 Å². The summed E-state index contributed by atoms with van der Waals surface area (Å²) >= 11 is 6.46. The van der Waals surface area contributed by atoms with E-state index in [9.17, 15) is 0 Å². The number of ether oxygens (including phenoxy) is 1. The van der Waals surface area contributed by atoms with Crippen LogP contribution in [0.2, 0.25) is 5.02 Å². The van der Waals surface area contributed by atoms with Crippen LogP contribution in [0.3, 0.4) is 0 Å². The third kappa shape index (κ3) is 5.08. The van der Waals surface area contributed by atoms with Gasteiger partial charge in [0, 0.05) is 38.3 Å². The first kappa shape index (κ1) is 18.5. The van der Waals surface area contributed by atoms with Crippen molar-refractivity contribution in [2.24, 2.45) is 0 Å². The lowest BCUT2D eigenvalue weighted by molar-refractivity contribution is 0.0967. The number of benzene rings is 1. The van der Waals surface area contributed by atoms with Crippen molar-refractivity contribution in [2.75, 3.05) is 40.3 Å². The van der Waals surface area contributed by atoms with Gasteiger partial charge in [0.15, 0.2) is 0 Å². The minimum atomic E-state index is 0.129. The van der Waals surface area contributed by atoms with Crippen LogP contribution in [0.5, 0.6) is 5.75 Å². The fraction of sp³-hybridized carbons (Fsp3) is 0.667. The fourth-order valence-corrected chi connectivity index (χ4v) is 3.37. The van der Waals surface area contributed by atoms with Crippen molar-refractivity contribution in [3.8, 4) is 5.75 Å². The lowest BCUT2D eigenvalue weighted by Crippen LogP contribution is -2.52. The second-order valence-electron chi connectivity index (χ2n) is 6.93. The molecule has 23 heavy (non-hydrogen) atoms. The van der Waals surface area contributed by atoms with Crippen molar-refractivity contribution in [2.45, 2.75) is 39.0 Å². The number of hydrogen-bond acceptors (Lipinski definition) is 4. The van der Waals surface area contributed by atoms with Crippen molar-refractivity contribution < 1.29 is 4.74 Å².